The Labute approximate surface area is 135 Å². The van der Waals surface area contributed by atoms with E-state index >= 15 is 0 Å². The van der Waals surface area contributed by atoms with Crippen LogP contribution in [0.5, 0.6) is 11.5 Å². The third kappa shape index (κ3) is 4.37. The summed E-state index contributed by atoms with van der Waals surface area (Å²) in [5, 5.41) is 9.32. The normalized spacial score (nSPS) is 16.7. The van der Waals surface area contributed by atoms with Gasteiger partial charge in [-0.15, -0.1) is 0 Å². The molecule has 0 fully saturated rings. The lowest BCUT2D eigenvalue weighted by Gasteiger charge is -2.22. The summed E-state index contributed by atoms with van der Waals surface area (Å²) in [7, 11) is 0. The van der Waals surface area contributed by atoms with Gasteiger partial charge < -0.3 is 19.3 Å². The van der Waals surface area contributed by atoms with Crippen LogP contribution in [0.1, 0.15) is 40.2 Å². The monoisotopic (exact) mass is 322 g/mol. The highest BCUT2D eigenvalue weighted by Gasteiger charge is 2.34. The largest absolute Gasteiger partial charge is 0.481 e. The molecule has 126 valence electrons. The number of carbonyl (C=O) groups excluding carboxylic acids is 1. The predicted molar refractivity (Wildman–Crippen MR) is 82.5 cm³/mol. The first-order chi connectivity index (χ1) is 10.5. The van der Waals surface area contributed by atoms with Gasteiger partial charge in [0.1, 0.15) is 5.60 Å². The Morgan fingerprint density at radius 3 is 2.39 bits per heavy atom. The van der Waals surface area contributed by atoms with Crippen molar-refractivity contribution in [3.05, 3.63) is 23.8 Å². The quantitative estimate of drug-likeness (QED) is 0.678. The van der Waals surface area contributed by atoms with Gasteiger partial charge in [0.25, 0.3) is 0 Å². The van der Waals surface area contributed by atoms with E-state index in [0.717, 1.165) is 0 Å². The Morgan fingerprint density at radius 2 is 1.83 bits per heavy atom. The molecule has 1 heterocycles. The summed E-state index contributed by atoms with van der Waals surface area (Å²) >= 11 is 0. The standard InChI is InChI=1S/C17H22O6/c1-16(2,3)23-15(20)11(14(18)19)8-10-6-7-12-13(9-10)22-17(4,5)21-12/h6-7,9,11H,8H2,1-5H3,(H,18,19). The van der Waals surface area contributed by atoms with E-state index in [4.69, 9.17) is 14.2 Å². The van der Waals surface area contributed by atoms with Gasteiger partial charge in [0, 0.05) is 13.8 Å². The molecule has 1 atom stereocenters. The number of rotatable bonds is 4. The molecule has 0 saturated heterocycles. The highest BCUT2D eigenvalue weighted by atomic mass is 16.7. The smallest absolute Gasteiger partial charge is 0.321 e. The molecule has 0 aliphatic carbocycles. The number of carboxylic acid groups (broad SMARTS) is 1. The number of fused-ring (bicyclic) bond motifs is 1. The summed E-state index contributed by atoms with van der Waals surface area (Å²) in [6.45, 7) is 8.67. The summed E-state index contributed by atoms with van der Waals surface area (Å²) in [4.78, 5) is 23.5. The maximum absolute atomic E-state index is 12.1. The Morgan fingerprint density at radius 1 is 1.22 bits per heavy atom. The van der Waals surface area contributed by atoms with Crippen molar-refractivity contribution in [1.82, 2.24) is 0 Å². The number of aliphatic carboxylic acids is 1. The van der Waals surface area contributed by atoms with Gasteiger partial charge in [-0.05, 0) is 44.9 Å². The molecule has 1 aliphatic heterocycles. The Balaban J connectivity index is 2.16. The number of hydrogen-bond donors (Lipinski definition) is 1. The fraction of sp³-hybridized carbons (Fsp3) is 0.529. The summed E-state index contributed by atoms with van der Waals surface area (Å²) in [5.74, 6) is -2.83. The minimum Gasteiger partial charge on any atom is -0.481 e. The zero-order valence-electron chi connectivity index (χ0n) is 14.0. The molecule has 0 radical (unpaired) electrons. The van der Waals surface area contributed by atoms with Gasteiger partial charge in [-0.2, -0.15) is 0 Å². The van der Waals surface area contributed by atoms with Crippen molar-refractivity contribution in [2.75, 3.05) is 0 Å². The molecule has 1 unspecified atom stereocenters. The third-order valence-corrected chi connectivity index (χ3v) is 3.15. The van der Waals surface area contributed by atoms with Crippen molar-refractivity contribution in [2.45, 2.75) is 52.4 Å². The van der Waals surface area contributed by atoms with E-state index in [1.165, 1.54) is 0 Å². The summed E-state index contributed by atoms with van der Waals surface area (Å²) in [5.41, 5.74) is -0.0627. The minimum atomic E-state index is -1.26. The van der Waals surface area contributed by atoms with E-state index in [0.29, 0.717) is 17.1 Å². The van der Waals surface area contributed by atoms with Crippen molar-refractivity contribution in [3.8, 4) is 11.5 Å². The van der Waals surface area contributed by atoms with Gasteiger partial charge in [-0.3, -0.25) is 9.59 Å². The van der Waals surface area contributed by atoms with Gasteiger partial charge in [0.05, 0.1) is 0 Å². The highest BCUT2D eigenvalue weighted by molar-refractivity contribution is 5.94. The summed E-state index contributed by atoms with van der Waals surface area (Å²) < 4.78 is 16.4. The van der Waals surface area contributed by atoms with E-state index < -0.39 is 29.2 Å². The van der Waals surface area contributed by atoms with Gasteiger partial charge >= 0.3 is 11.9 Å². The molecular formula is C17H22O6. The lowest BCUT2D eigenvalue weighted by Crippen LogP contribution is -2.34. The average molecular weight is 322 g/mol. The van der Waals surface area contributed by atoms with E-state index in [2.05, 4.69) is 0 Å². The van der Waals surface area contributed by atoms with E-state index in [1.807, 2.05) is 0 Å². The SMILES string of the molecule is CC(C)(C)OC(=O)C(Cc1ccc2c(c1)OC(C)(C)O2)C(=O)O. The number of benzene rings is 1. The molecule has 0 bridgehead atoms. The predicted octanol–water partition coefficient (Wildman–Crippen LogP) is 2.78. The number of carbonyl (C=O) groups is 2. The van der Waals surface area contributed by atoms with Gasteiger partial charge in [0.2, 0.25) is 5.79 Å². The van der Waals surface area contributed by atoms with Gasteiger partial charge in [-0.25, -0.2) is 0 Å². The molecule has 6 heteroatoms. The van der Waals surface area contributed by atoms with E-state index in [-0.39, 0.29) is 6.42 Å². The first-order valence-electron chi connectivity index (χ1n) is 7.43. The summed E-state index contributed by atoms with van der Waals surface area (Å²) in [6, 6.07) is 5.14. The van der Waals surface area contributed by atoms with Crippen LogP contribution in [0.2, 0.25) is 0 Å². The van der Waals surface area contributed by atoms with Gasteiger partial charge in [0.15, 0.2) is 17.4 Å². The van der Waals surface area contributed by atoms with E-state index in [1.54, 1.807) is 52.8 Å². The second-order valence-electron chi connectivity index (χ2n) is 7.01. The summed E-state index contributed by atoms with van der Waals surface area (Å²) in [6.07, 6.45) is 0.0291. The molecule has 23 heavy (non-hydrogen) atoms. The Bertz CT molecular complexity index is 626. The van der Waals surface area contributed by atoms with Crippen LogP contribution in [0.25, 0.3) is 0 Å². The fourth-order valence-electron chi connectivity index (χ4n) is 2.27. The second-order valence-corrected chi connectivity index (χ2v) is 7.01. The lowest BCUT2D eigenvalue weighted by molar-refractivity contribution is -0.166. The van der Waals surface area contributed by atoms with Crippen LogP contribution in [0, 0.1) is 5.92 Å². The van der Waals surface area contributed by atoms with Crippen LogP contribution in [0.15, 0.2) is 18.2 Å². The number of carboxylic acids is 1. The lowest BCUT2D eigenvalue weighted by atomic mass is 9.99. The number of esters is 1. The maximum atomic E-state index is 12.1. The van der Waals surface area contributed by atoms with Crippen molar-refractivity contribution >= 4 is 11.9 Å². The van der Waals surface area contributed by atoms with E-state index in [9.17, 15) is 14.7 Å². The van der Waals surface area contributed by atoms with Crippen LogP contribution in [-0.4, -0.2) is 28.4 Å². The minimum absolute atomic E-state index is 0.0291. The fourth-order valence-corrected chi connectivity index (χ4v) is 2.27. The van der Waals surface area contributed by atoms with Crippen molar-refractivity contribution < 1.29 is 28.9 Å². The molecule has 2 rings (SSSR count). The van der Waals surface area contributed by atoms with Crippen molar-refractivity contribution in [1.29, 1.82) is 0 Å². The first-order valence-corrected chi connectivity index (χ1v) is 7.43. The molecule has 1 N–H and O–H groups in total. The highest BCUT2D eigenvalue weighted by Crippen LogP contribution is 2.39. The van der Waals surface area contributed by atoms with Crippen LogP contribution in [0.4, 0.5) is 0 Å². The maximum Gasteiger partial charge on any atom is 0.321 e. The molecule has 0 amide bonds. The Hall–Kier alpha value is -2.24. The van der Waals surface area contributed by atoms with Crippen molar-refractivity contribution in [2.24, 2.45) is 5.92 Å². The second kappa shape index (κ2) is 5.76. The van der Waals surface area contributed by atoms with Crippen molar-refractivity contribution in [3.63, 3.8) is 0 Å². The third-order valence-electron chi connectivity index (χ3n) is 3.15. The molecule has 0 spiro atoms. The zero-order valence-corrected chi connectivity index (χ0v) is 14.0. The Kier molecular flexibility index (Phi) is 4.28. The number of ether oxygens (including phenoxy) is 3. The molecule has 1 aromatic carbocycles. The van der Waals surface area contributed by atoms with Crippen LogP contribution in [-0.2, 0) is 20.7 Å². The topological polar surface area (TPSA) is 82.1 Å². The molecular weight excluding hydrogens is 300 g/mol. The molecule has 6 nitrogen and oxygen atoms in total. The van der Waals surface area contributed by atoms with Crippen LogP contribution < -0.4 is 9.47 Å². The zero-order chi connectivity index (χ0) is 17.4. The van der Waals surface area contributed by atoms with Gasteiger partial charge in [-0.1, -0.05) is 6.07 Å². The molecule has 0 saturated carbocycles. The average Bonchev–Trinajstić information content (AvgIpc) is 2.66. The molecule has 1 aromatic rings. The number of hydrogen-bond acceptors (Lipinski definition) is 5. The molecule has 0 aromatic heterocycles. The molecule has 1 aliphatic rings. The van der Waals surface area contributed by atoms with Crippen LogP contribution >= 0.6 is 0 Å². The van der Waals surface area contributed by atoms with Crippen LogP contribution in [0.3, 0.4) is 0 Å². The first kappa shape index (κ1) is 17.1.